The van der Waals surface area contributed by atoms with Gasteiger partial charge in [-0.2, -0.15) is 0 Å². The van der Waals surface area contributed by atoms with Crippen LogP contribution in [0, 0.1) is 0 Å². The molecule has 0 spiro atoms. The molecule has 0 heterocycles. The normalized spacial score (nSPS) is 21.7. The molecule has 2 rings (SSSR count). The summed E-state index contributed by atoms with van der Waals surface area (Å²) in [5.41, 5.74) is 1.21. The van der Waals surface area contributed by atoms with Crippen molar-refractivity contribution in [3.63, 3.8) is 0 Å². The molecule has 1 amide bonds. The summed E-state index contributed by atoms with van der Waals surface area (Å²) in [6.07, 6.45) is 1.44. The van der Waals surface area contributed by atoms with Crippen molar-refractivity contribution in [1.29, 1.82) is 0 Å². The first kappa shape index (κ1) is 13.4. The first-order valence-electron chi connectivity index (χ1n) is 6.33. The Morgan fingerprint density at radius 1 is 1.56 bits per heavy atom. The molecule has 0 aliphatic heterocycles. The fourth-order valence-corrected chi connectivity index (χ4v) is 2.25. The summed E-state index contributed by atoms with van der Waals surface area (Å²) >= 11 is 5.95. The molecule has 1 aromatic rings. The molecule has 2 atom stereocenters. The van der Waals surface area contributed by atoms with Gasteiger partial charge in [0.05, 0.1) is 6.61 Å². The number of carbonyl (C=O) groups is 1. The van der Waals surface area contributed by atoms with Gasteiger partial charge in [0, 0.05) is 30.0 Å². The van der Waals surface area contributed by atoms with Gasteiger partial charge in [0.15, 0.2) is 0 Å². The van der Waals surface area contributed by atoms with Crippen LogP contribution in [0.3, 0.4) is 0 Å². The lowest BCUT2D eigenvalue weighted by Gasteiger charge is -2.05. The third-order valence-electron chi connectivity index (χ3n) is 3.09. The summed E-state index contributed by atoms with van der Waals surface area (Å²) in [4.78, 5) is 11.6. The molecular formula is C14H18ClNO2. The Kier molecular flexibility index (Phi) is 4.61. The van der Waals surface area contributed by atoms with E-state index in [2.05, 4.69) is 11.4 Å². The van der Waals surface area contributed by atoms with Crippen LogP contribution in [-0.4, -0.2) is 25.2 Å². The van der Waals surface area contributed by atoms with Gasteiger partial charge in [-0.1, -0.05) is 23.7 Å². The van der Waals surface area contributed by atoms with Crippen LogP contribution >= 0.6 is 11.6 Å². The number of nitrogens with one attached hydrogen (secondary N) is 1. The molecule has 98 valence electrons. The molecule has 1 saturated carbocycles. The summed E-state index contributed by atoms with van der Waals surface area (Å²) in [7, 11) is 0. The van der Waals surface area contributed by atoms with Gasteiger partial charge in [-0.25, -0.2) is 0 Å². The number of hydrogen-bond donors (Lipinski definition) is 1. The number of benzene rings is 1. The van der Waals surface area contributed by atoms with Crippen molar-refractivity contribution >= 4 is 17.5 Å². The summed E-state index contributed by atoms with van der Waals surface area (Å²) in [6, 6.07) is 8.10. The fourth-order valence-electron chi connectivity index (χ4n) is 2.05. The van der Waals surface area contributed by atoms with Crippen LogP contribution in [0.25, 0.3) is 0 Å². The summed E-state index contributed by atoms with van der Waals surface area (Å²) in [5.74, 6) is 0.484. The lowest BCUT2D eigenvalue weighted by molar-refractivity contribution is -0.122. The van der Waals surface area contributed by atoms with Crippen molar-refractivity contribution in [2.24, 2.45) is 0 Å². The Morgan fingerprint density at radius 3 is 3.11 bits per heavy atom. The number of hydrogen-bond acceptors (Lipinski definition) is 2. The van der Waals surface area contributed by atoms with Gasteiger partial charge in [0.2, 0.25) is 5.91 Å². The molecule has 3 nitrogen and oxygen atoms in total. The van der Waals surface area contributed by atoms with Crippen LogP contribution in [0.4, 0.5) is 0 Å². The Morgan fingerprint density at radius 2 is 2.39 bits per heavy atom. The lowest BCUT2D eigenvalue weighted by Crippen LogP contribution is -2.27. The summed E-state index contributed by atoms with van der Waals surface area (Å²) < 4.78 is 5.16. The van der Waals surface area contributed by atoms with Crippen LogP contribution in [0.15, 0.2) is 24.3 Å². The maximum Gasteiger partial charge on any atom is 0.222 e. The van der Waals surface area contributed by atoms with Crippen LogP contribution in [0.2, 0.25) is 5.02 Å². The van der Waals surface area contributed by atoms with Gasteiger partial charge < -0.3 is 10.1 Å². The highest BCUT2D eigenvalue weighted by Crippen LogP contribution is 2.41. The van der Waals surface area contributed by atoms with Crippen molar-refractivity contribution < 1.29 is 9.53 Å². The van der Waals surface area contributed by atoms with E-state index in [-0.39, 0.29) is 11.9 Å². The molecule has 0 saturated heterocycles. The monoisotopic (exact) mass is 267 g/mol. The van der Waals surface area contributed by atoms with Gasteiger partial charge >= 0.3 is 0 Å². The van der Waals surface area contributed by atoms with Crippen molar-refractivity contribution in [1.82, 2.24) is 5.32 Å². The van der Waals surface area contributed by atoms with E-state index in [1.807, 2.05) is 25.1 Å². The van der Waals surface area contributed by atoms with Crippen molar-refractivity contribution in [2.75, 3.05) is 13.2 Å². The molecule has 4 heteroatoms. The largest absolute Gasteiger partial charge is 0.381 e. The van der Waals surface area contributed by atoms with Gasteiger partial charge in [0.25, 0.3) is 0 Å². The molecule has 1 aliphatic carbocycles. The number of amides is 1. The van der Waals surface area contributed by atoms with Crippen molar-refractivity contribution in [3.8, 4) is 0 Å². The standard InChI is InChI=1S/C14H18ClNO2/c1-2-18-7-6-14(17)16-13-9-12(13)10-4-3-5-11(15)8-10/h3-5,8,12-13H,2,6-7,9H2,1H3,(H,16,17)/t12-,13-/m0/s1. The van der Waals surface area contributed by atoms with E-state index in [0.717, 1.165) is 11.4 Å². The number of ether oxygens (including phenoxy) is 1. The molecule has 18 heavy (non-hydrogen) atoms. The quantitative estimate of drug-likeness (QED) is 0.805. The zero-order valence-corrected chi connectivity index (χ0v) is 11.2. The van der Waals surface area contributed by atoms with Crippen LogP contribution in [0.5, 0.6) is 0 Å². The van der Waals surface area contributed by atoms with E-state index >= 15 is 0 Å². The number of halogens is 1. The van der Waals surface area contributed by atoms with E-state index in [1.54, 1.807) is 0 Å². The van der Waals surface area contributed by atoms with Crippen LogP contribution < -0.4 is 5.32 Å². The second-order valence-corrected chi connectivity index (χ2v) is 4.95. The van der Waals surface area contributed by atoms with Crippen LogP contribution in [0.1, 0.15) is 31.2 Å². The third-order valence-corrected chi connectivity index (χ3v) is 3.33. The minimum atomic E-state index is 0.0676. The van der Waals surface area contributed by atoms with E-state index < -0.39 is 0 Å². The molecule has 0 unspecified atom stereocenters. The molecule has 0 aromatic heterocycles. The Hall–Kier alpha value is -1.06. The highest BCUT2D eigenvalue weighted by Gasteiger charge is 2.39. The molecule has 1 fully saturated rings. The molecule has 1 aliphatic rings. The van der Waals surface area contributed by atoms with Gasteiger partial charge in [-0.05, 0) is 31.0 Å². The van der Waals surface area contributed by atoms with Crippen LogP contribution in [-0.2, 0) is 9.53 Å². The number of carbonyl (C=O) groups excluding carboxylic acids is 1. The van der Waals surface area contributed by atoms with Gasteiger partial charge in [-0.3, -0.25) is 4.79 Å². The second kappa shape index (κ2) is 6.21. The molecular weight excluding hydrogens is 250 g/mol. The Labute approximate surface area is 112 Å². The summed E-state index contributed by atoms with van der Waals surface area (Å²) in [6.45, 7) is 3.08. The third kappa shape index (κ3) is 3.72. The van der Waals surface area contributed by atoms with E-state index in [4.69, 9.17) is 16.3 Å². The van der Waals surface area contributed by atoms with E-state index in [9.17, 15) is 4.79 Å². The SMILES string of the molecule is CCOCCC(=O)N[C@H]1C[C@H]1c1cccc(Cl)c1. The predicted octanol–water partition coefficient (Wildman–Crippen LogP) is 2.74. The highest BCUT2D eigenvalue weighted by molar-refractivity contribution is 6.30. The number of rotatable bonds is 6. The van der Waals surface area contributed by atoms with Gasteiger partial charge in [0.1, 0.15) is 0 Å². The Balaban J connectivity index is 1.76. The predicted molar refractivity (Wildman–Crippen MR) is 71.9 cm³/mol. The van der Waals surface area contributed by atoms with Crippen molar-refractivity contribution in [3.05, 3.63) is 34.9 Å². The maximum absolute atomic E-state index is 11.6. The first-order chi connectivity index (χ1) is 8.70. The zero-order valence-electron chi connectivity index (χ0n) is 10.5. The first-order valence-corrected chi connectivity index (χ1v) is 6.71. The minimum Gasteiger partial charge on any atom is -0.381 e. The topological polar surface area (TPSA) is 38.3 Å². The highest BCUT2D eigenvalue weighted by atomic mass is 35.5. The fraction of sp³-hybridized carbons (Fsp3) is 0.500. The molecule has 1 N–H and O–H groups in total. The summed E-state index contributed by atoms with van der Waals surface area (Å²) in [5, 5.41) is 3.77. The van der Waals surface area contributed by atoms with E-state index in [0.29, 0.717) is 25.6 Å². The zero-order chi connectivity index (χ0) is 13.0. The smallest absolute Gasteiger partial charge is 0.222 e. The minimum absolute atomic E-state index is 0.0676. The average molecular weight is 268 g/mol. The average Bonchev–Trinajstić information content (AvgIpc) is 3.08. The second-order valence-electron chi connectivity index (χ2n) is 4.52. The Bertz CT molecular complexity index is 422. The molecule has 0 radical (unpaired) electrons. The van der Waals surface area contributed by atoms with Gasteiger partial charge in [-0.15, -0.1) is 0 Å². The molecule has 1 aromatic carbocycles. The molecule has 0 bridgehead atoms. The maximum atomic E-state index is 11.6. The van der Waals surface area contributed by atoms with E-state index in [1.165, 1.54) is 5.56 Å². The lowest BCUT2D eigenvalue weighted by atomic mass is 10.1. The van der Waals surface area contributed by atoms with Crippen molar-refractivity contribution in [2.45, 2.75) is 31.7 Å².